The number of rotatable bonds is 1. The van der Waals surface area contributed by atoms with E-state index in [2.05, 4.69) is 13.8 Å². The summed E-state index contributed by atoms with van der Waals surface area (Å²) in [6, 6.07) is 0. The van der Waals surface area contributed by atoms with E-state index in [1.54, 1.807) is 0 Å². The molecule has 0 aromatic heterocycles. The number of Topliss-reactive ketones (excluding diaryl/α,β-unsaturated/α-hetero) is 1. The third-order valence-corrected chi connectivity index (χ3v) is 8.13. The maximum Gasteiger partial charge on any atom is 0.302 e. The molecule has 0 spiro atoms. The number of hydrogen-bond donors (Lipinski definition) is 1. The number of carbonyl (C=O) groups excluding carboxylic acids is 2. The minimum absolute atomic E-state index is 0.0533. The van der Waals surface area contributed by atoms with Crippen LogP contribution in [0.25, 0.3) is 0 Å². The normalized spacial score (nSPS) is 48.9. The zero-order valence-electron chi connectivity index (χ0n) is 15.6. The molecule has 0 heterocycles. The molecule has 0 aliphatic heterocycles. The number of esters is 1. The highest BCUT2D eigenvalue weighted by Crippen LogP contribution is 2.64. The molecular formula is C21H30O4. The van der Waals surface area contributed by atoms with E-state index < -0.39 is 6.10 Å². The van der Waals surface area contributed by atoms with Gasteiger partial charge in [0.15, 0.2) is 0 Å². The highest BCUT2D eigenvalue weighted by Gasteiger charge is 2.60. The van der Waals surface area contributed by atoms with Gasteiger partial charge in [-0.05, 0) is 55.3 Å². The Kier molecular flexibility index (Phi) is 3.91. The first-order chi connectivity index (χ1) is 11.8. The van der Waals surface area contributed by atoms with E-state index in [1.165, 1.54) is 12.5 Å². The largest absolute Gasteiger partial charge is 0.462 e. The average molecular weight is 346 g/mol. The lowest BCUT2D eigenvalue weighted by Crippen LogP contribution is -2.54. The Hall–Kier alpha value is -1.16. The molecule has 7 atom stereocenters. The molecule has 4 heteroatoms. The molecule has 1 N–H and O–H groups in total. The standard InChI is InChI=1S/C21H30O4/c1-12(22)25-14-6-8-20(2)13(10-14)11-17(23)19-15-4-5-18(24)21(15,3)9-7-16(19)20/h11,14-17,19,23H,4-10H2,1-3H3/t14-,15-,16-,17+,19-,20-,21-/m0/s1. The van der Waals surface area contributed by atoms with Crippen LogP contribution < -0.4 is 0 Å². The third-order valence-electron chi connectivity index (χ3n) is 8.13. The number of fused-ring (bicyclic) bond motifs is 5. The van der Waals surface area contributed by atoms with Crippen LogP contribution in [0, 0.1) is 28.6 Å². The first-order valence-corrected chi connectivity index (χ1v) is 9.85. The van der Waals surface area contributed by atoms with Crippen LogP contribution in [-0.4, -0.2) is 29.1 Å². The second kappa shape index (κ2) is 5.67. The molecule has 3 saturated carbocycles. The molecule has 0 aromatic carbocycles. The lowest BCUT2D eigenvalue weighted by Gasteiger charge is -2.58. The van der Waals surface area contributed by atoms with Gasteiger partial charge in [0.1, 0.15) is 11.9 Å². The monoisotopic (exact) mass is 346 g/mol. The lowest BCUT2D eigenvalue weighted by molar-refractivity contribution is -0.149. The van der Waals surface area contributed by atoms with Gasteiger partial charge in [0.2, 0.25) is 0 Å². The van der Waals surface area contributed by atoms with Crippen LogP contribution >= 0.6 is 0 Å². The molecule has 0 bridgehead atoms. The smallest absolute Gasteiger partial charge is 0.302 e. The van der Waals surface area contributed by atoms with Crippen LogP contribution in [0.5, 0.6) is 0 Å². The van der Waals surface area contributed by atoms with Gasteiger partial charge in [-0.15, -0.1) is 0 Å². The fraction of sp³-hybridized carbons (Fsp3) is 0.810. The number of hydrogen-bond acceptors (Lipinski definition) is 4. The molecule has 0 unspecified atom stereocenters. The fourth-order valence-electron chi connectivity index (χ4n) is 6.72. The summed E-state index contributed by atoms with van der Waals surface area (Å²) in [6.45, 7) is 5.94. The maximum atomic E-state index is 12.5. The first-order valence-electron chi connectivity index (χ1n) is 9.85. The third kappa shape index (κ3) is 2.43. The Morgan fingerprint density at radius 2 is 1.84 bits per heavy atom. The first kappa shape index (κ1) is 17.3. The van der Waals surface area contributed by atoms with Crippen molar-refractivity contribution in [2.45, 2.75) is 77.9 Å². The van der Waals surface area contributed by atoms with E-state index in [9.17, 15) is 14.7 Å². The van der Waals surface area contributed by atoms with Crippen molar-refractivity contribution in [3.8, 4) is 0 Å². The molecule has 25 heavy (non-hydrogen) atoms. The Bertz CT molecular complexity index is 638. The Labute approximate surface area is 150 Å². The quantitative estimate of drug-likeness (QED) is 0.584. The van der Waals surface area contributed by atoms with Gasteiger partial charge in [0, 0.05) is 25.2 Å². The molecular weight excluding hydrogens is 316 g/mol. The van der Waals surface area contributed by atoms with Crippen molar-refractivity contribution in [3.63, 3.8) is 0 Å². The van der Waals surface area contributed by atoms with Gasteiger partial charge in [-0.2, -0.15) is 0 Å². The van der Waals surface area contributed by atoms with Crippen LogP contribution in [0.3, 0.4) is 0 Å². The Balaban J connectivity index is 1.65. The molecule has 4 rings (SSSR count). The van der Waals surface area contributed by atoms with Crippen LogP contribution in [0.4, 0.5) is 0 Å². The van der Waals surface area contributed by atoms with Crippen molar-refractivity contribution in [2.24, 2.45) is 28.6 Å². The fourth-order valence-corrected chi connectivity index (χ4v) is 6.72. The molecule has 138 valence electrons. The molecule has 0 aromatic rings. The van der Waals surface area contributed by atoms with E-state index in [0.29, 0.717) is 24.0 Å². The molecule has 0 saturated heterocycles. The number of ketones is 1. The van der Waals surface area contributed by atoms with Crippen LogP contribution in [-0.2, 0) is 14.3 Å². The van der Waals surface area contributed by atoms with Gasteiger partial charge in [-0.3, -0.25) is 9.59 Å². The highest BCUT2D eigenvalue weighted by atomic mass is 16.5. The second-order valence-corrected chi connectivity index (χ2v) is 9.28. The SMILES string of the molecule is CC(=O)O[C@H]1CC[C@@]2(C)C(=C[C@@H](O)[C@@H]3[C@@H]2CC[C@]2(C)C(=O)CC[C@@H]32)C1. The van der Waals surface area contributed by atoms with Crippen LogP contribution in [0.15, 0.2) is 11.6 Å². The van der Waals surface area contributed by atoms with Crippen molar-refractivity contribution < 1.29 is 19.4 Å². The summed E-state index contributed by atoms with van der Waals surface area (Å²) in [5.74, 6) is 1.13. The second-order valence-electron chi connectivity index (χ2n) is 9.28. The number of aliphatic hydroxyl groups excluding tert-OH is 1. The van der Waals surface area contributed by atoms with Crippen molar-refractivity contribution in [1.82, 2.24) is 0 Å². The summed E-state index contributed by atoms with van der Waals surface area (Å²) in [5.41, 5.74) is 1.12. The van der Waals surface area contributed by atoms with Gasteiger partial charge in [0.05, 0.1) is 6.10 Å². The van der Waals surface area contributed by atoms with Gasteiger partial charge < -0.3 is 9.84 Å². The van der Waals surface area contributed by atoms with Gasteiger partial charge in [-0.25, -0.2) is 0 Å². The van der Waals surface area contributed by atoms with E-state index in [-0.39, 0.29) is 28.8 Å². The summed E-state index contributed by atoms with van der Waals surface area (Å²) >= 11 is 0. The molecule has 3 fully saturated rings. The summed E-state index contributed by atoms with van der Waals surface area (Å²) in [6.07, 6.45) is 7.76. The topological polar surface area (TPSA) is 63.6 Å². The van der Waals surface area contributed by atoms with E-state index in [4.69, 9.17) is 4.74 Å². The molecule has 0 amide bonds. The van der Waals surface area contributed by atoms with E-state index >= 15 is 0 Å². The van der Waals surface area contributed by atoms with Crippen molar-refractivity contribution in [1.29, 1.82) is 0 Å². The number of ether oxygens (including phenoxy) is 1. The van der Waals surface area contributed by atoms with Gasteiger partial charge >= 0.3 is 5.97 Å². The van der Waals surface area contributed by atoms with E-state index in [0.717, 1.165) is 38.5 Å². The summed E-state index contributed by atoms with van der Waals surface area (Å²) in [4.78, 5) is 23.8. The molecule has 4 nitrogen and oxygen atoms in total. The van der Waals surface area contributed by atoms with Crippen LogP contribution in [0.2, 0.25) is 0 Å². The predicted molar refractivity (Wildman–Crippen MR) is 93.7 cm³/mol. The highest BCUT2D eigenvalue weighted by molar-refractivity contribution is 5.87. The molecule has 4 aliphatic rings. The number of carbonyl (C=O) groups is 2. The predicted octanol–water partition coefficient (Wildman–Crippen LogP) is 3.42. The molecule has 0 radical (unpaired) electrons. The lowest BCUT2D eigenvalue weighted by atomic mass is 9.47. The minimum atomic E-state index is -0.473. The summed E-state index contributed by atoms with van der Waals surface area (Å²) in [7, 11) is 0. The summed E-state index contributed by atoms with van der Waals surface area (Å²) in [5, 5.41) is 11.0. The zero-order chi connectivity index (χ0) is 18.0. The van der Waals surface area contributed by atoms with Gasteiger partial charge in [0.25, 0.3) is 0 Å². The Morgan fingerprint density at radius 3 is 2.56 bits per heavy atom. The molecule has 4 aliphatic carbocycles. The average Bonchev–Trinajstić information content (AvgIpc) is 2.84. The zero-order valence-corrected chi connectivity index (χ0v) is 15.6. The maximum absolute atomic E-state index is 12.5. The summed E-state index contributed by atoms with van der Waals surface area (Å²) < 4.78 is 5.45. The number of aliphatic hydroxyl groups is 1. The van der Waals surface area contributed by atoms with Crippen LogP contribution in [0.1, 0.15) is 65.7 Å². The minimum Gasteiger partial charge on any atom is -0.462 e. The van der Waals surface area contributed by atoms with Crippen molar-refractivity contribution >= 4 is 11.8 Å². The van der Waals surface area contributed by atoms with E-state index in [1.807, 2.05) is 6.08 Å². The van der Waals surface area contributed by atoms with Crippen molar-refractivity contribution in [2.75, 3.05) is 0 Å². The van der Waals surface area contributed by atoms with Crippen molar-refractivity contribution in [3.05, 3.63) is 11.6 Å². The van der Waals surface area contributed by atoms with Gasteiger partial charge in [-0.1, -0.05) is 25.5 Å². The Morgan fingerprint density at radius 1 is 1.16 bits per heavy atom.